The molecular weight excluding hydrogens is 476 g/mol. The van der Waals surface area contributed by atoms with Gasteiger partial charge in [-0.05, 0) is 24.5 Å². The summed E-state index contributed by atoms with van der Waals surface area (Å²) in [6.07, 6.45) is 5.25. The Hall–Kier alpha value is -4.02. The van der Waals surface area contributed by atoms with Crippen LogP contribution in [0.1, 0.15) is 42.7 Å². The van der Waals surface area contributed by atoms with Gasteiger partial charge in [-0.3, -0.25) is 29.1 Å². The fraction of sp³-hybridized carbons (Fsp3) is 0.462. The second-order valence-corrected chi connectivity index (χ2v) is 9.28. The normalized spacial score (nSPS) is 19.6. The molecule has 0 fully saturated rings. The molecule has 0 radical (unpaired) electrons. The number of likely N-dealkylation sites (N-methyl/N-ethyl adjacent to an activating group) is 1. The van der Waals surface area contributed by atoms with E-state index in [0.717, 1.165) is 5.69 Å². The summed E-state index contributed by atoms with van der Waals surface area (Å²) in [7, 11) is 1.53. The molecule has 1 aromatic carbocycles. The van der Waals surface area contributed by atoms with E-state index in [9.17, 15) is 19.2 Å². The number of para-hydroxylation sites is 1. The number of hydrogen-bond donors (Lipinski definition) is 3. The molecule has 0 saturated heterocycles. The van der Waals surface area contributed by atoms with Crippen molar-refractivity contribution in [1.82, 2.24) is 30.8 Å². The number of rotatable bonds is 5. The van der Waals surface area contributed by atoms with Crippen molar-refractivity contribution in [3.63, 3.8) is 0 Å². The van der Waals surface area contributed by atoms with Gasteiger partial charge < -0.3 is 25.6 Å². The number of fused-ring (bicyclic) bond motifs is 1. The van der Waals surface area contributed by atoms with Gasteiger partial charge in [-0.1, -0.05) is 26.0 Å². The standard InChI is InChI=1S/C26H34N6O5/c1-17(2)21-16-37-22-7-5-4-6-19(22)25(35)31-20(8-9-24(34)32(3)15-23(33)30-21)26(36)29-11-10-18-14-27-12-13-28-18/h4-7,12-14,17,20-21H,8-11,15-16H2,1-3H3,(H,29,36)(H,30,33)(H,31,35)/t20-,21+/m0/s1. The molecule has 198 valence electrons. The van der Waals surface area contributed by atoms with Crippen LogP contribution in [0.4, 0.5) is 0 Å². The van der Waals surface area contributed by atoms with E-state index in [1.54, 1.807) is 42.9 Å². The van der Waals surface area contributed by atoms with E-state index >= 15 is 0 Å². The number of benzene rings is 1. The highest BCUT2D eigenvalue weighted by atomic mass is 16.5. The number of carbonyl (C=O) groups is 4. The smallest absolute Gasteiger partial charge is 0.255 e. The predicted octanol–water partition coefficient (Wildman–Crippen LogP) is 0.706. The Morgan fingerprint density at radius 3 is 2.70 bits per heavy atom. The highest BCUT2D eigenvalue weighted by Gasteiger charge is 2.26. The molecule has 1 aliphatic rings. The molecule has 3 N–H and O–H groups in total. The molecule has 11 nitrogen and oxygen atoms in total. The predicted molar refractivity (Wildman–Crippen MR) is 136 cm³/mol. The van der Waals surface area contributed by atoms with Crippen molar-refractivity contribution in [1.29, 1.82) is 0 Å². The van der Waals surface area contributed by atoms with Crippen LogP contribution in [0, 0.1) is 5.92 Å². The number of amides is 4. The molecule has 11 heteroatoms. The average molecular weight is 511 g/mol. The van der Waals surface area contributed by atoms with E-state index in [0.29, 0.717) is 12.2 Å². The minimum Gasteiger partial charge on any atom is -0.491 e. The van der Waals surface area contributed by atoms with Gasteiger partial charge in [-0.25, -0.2) is 0 Å². The molecule has 0 aliphatic carbocycles. The van der Waals surface area contributed by atoms with Crippen LogP contribution in [-0.4, -0.2) is 77.3 Å². The topological polar surface area (TPSA) is 143 Å². The Morgan fingerprint density at radius 1 is 1.19 bits per heavy atom. The van der Waals surface area contributed by atoms with Crippen molar-refractivity contribution in [2.45, 2.75) is 45.2 Å². The maximum Gasteiger partial charge on any atom is 0.255 e. The minimum absolute atomic E-state index is 0.0297. The summed E-state index contributed by atoms with van der Waals surface area (Å²) in [6, 6.07) is 5.42. The number of carbonyl (C=O) groups excluding carboxylic acids is 4. The average Bonchev–Trinajstić information content (AvgIpc) is 2.88. The molecule has 2 aromatic rings. The monoisotopic (exact) mass is 510 g/mol. The first-order valence-corrected chi connectivity index (χ1v) is 12.3. The second kappa shape index (κ2) is 13.3. The molecule has 0 unspecified atom stereocenters. The summed E-state index contributed by atoms with van der Waals surface area (Å²) in [5, 5.41) is 8.47. The molecular formula is C26H34N6O5. The number of aromatic nitrogens is 2. The van der Waals surface area contributed by atoms with Gasteiger partial charge in [-0.15, -0.1) is 0 Å². The first kappa shape index (κ1) is 27.6. The molecule has 0 saturated carbocycles. The van der Waals surface area contributed by atoms with Crippen LogP contribution >= 0.6 is 0 Å². The maximum atomic E-state index is 13.2. The second-order valence-electron chi connectivity index (χ2n) is 9.28. The van der Waals surface area contributed by atoms with Crippen LogP contribution in [0.25, 0.3) is 0 Å². The van der Waals surface area contributed by atoms with Crippen molar-refractivity contribution in [2.24, 2.45) is 5.92 Å². The van der Waals surface area contributed by atoms with Gasteiger partial charge in [0, 0.05) is 45.0 Å². The van der Waals surface area contributed by atoms with E-state index < -0.39 is 17.9 Å². The molecule has 37 heavy (non-hydrogen) atoms. The van der Waals surface area contributed by atoms with Crippen LogP contribution in [-0.2, 0) is 20.8 Å². The number of ether oxygens (including phenoxy) is 1. The zero-order valence-corrected chi connectivity index (χ0v) is 21.4. The summed E-state index contributed by atoms with van der Waals surface area (Å²) in [4.78, 5) is 61.0. The van der Waals surface area contributed by atoms with Gasteiger partial charge in [-0.2, -0.15) is 0 Å². The Labute approximate surface area is 216 Å². The van der Waals surface area contributed by atoms with E-state index in [2.05, 4.69) is 25.9 Å². The lowest BCUT2D eigenvalue weighted by atomic mass is 10.1. The Morgan fingerprint density at radius 2 is 1.97 bits per heavy atom. The molecule has 0 bridgehead atoms. The van der Waals surface area contributed by atoms with Crippen LogP contribution in [0.15, 0.2) is 42.9 Å². The molecule has 1 aliphatic heterocycles. The number of nitrogens with zero attached hydrogens (tertiary/aromatic N) is 3. The zero-order valence-electron chi connectivity index (χ0n) is 21.4. The molecule has 1 aromatic heterocycles. The third-order valence-corrected chi connectivity index (χ3v) is 6.07. The highest BCUT2D eigenvalue weighted by Crippen LogP contribution is 2.20. The van der Waals surface area contributed by atoms with E-state index in [4.69, 9.17) is 4.74 Å². The van der Waals surface area contributed by atoms with Gasteiger partial charge in [0.25, 0.3) is 5.91 Å². The van der Waals surface area contributed by atoms with Gasteiger partial charge in [0.1, 0.15) is 18.4 Å². The van der Waals surface area contributed by atoms with E-state index in [-0.39, 0.29) is 61.9 Å². The summed E-state index contributed by atoms with van der Waals surface area (Å²) in [6.45, 7) is 4.19. The minimum atomic E-state index is -0.970. The van der Waals surface area contributed by atoms with Crippen molar-refractivity contribution in [2.75, 3.05) is 26.7 Å². The molecule has 2 heterocycles. The van der Waals surface area contributed by atoms with Gasteiger partial charge >= 0.3 is 0 Å². The molecule has 2 atom stereocenters. The Kier molecular flexibility index (Phi) is 9.93. The first-order chi connectivity index (χ1) is 17.7. The lowest BCUT2D eigenvalue weighted by Gasteiger charge is -2.24. The van der Waals surface area contributed by atoms with Gasteiger partial charge in [0.15, 0.2) is 0 Å². The fourth-order valence-corrected chi connectivity index (χ4v) is 3.78. The number of hydrogen-bond acceptors (Lipinski definition) is 7. The van der Waals surface area contributed by atoms with Crippen LogP contribution in [0.5, 0.6) is 5.75 Å². The summed E-state index contributed by atoms with van der Waals surface area (Å²) in [5.41, 5.74) is 0.974. The zero-order chi connectivity index (χ0) is 26.8. The van der Waals surface area contributed by atoms with Crippen molar-refractivity contribution in [3.8, 4) is 5.75 Å². The van der Waals surface area contributed by atoms with Crippen LogP contribution in [0.3, 0.4) is 0 Å². The SMILES string of the molecule is CC(C)[C@H]1COc2ccccc2C(=O)N[C@H](C(=O)NCCc2cnccn2)CCC(=O)N(C)CC(=O)N1. The summed E-state index contributed by atoms with van der Waals surface area (Å²) in [5.74, 6) is -1.15. The van der Waals surface area contributed by atoms with Crippen LogP contribution < -0.4 is 20.7 Å². The Balaban J connectivity index is 1.79. The quantitative estimate of drug-likeness (QED) is 0.538. The van der Waals surface area contributed by atoms with Crippen LogP contribution in [0.2, 0.25) is 0 Å². The third kappa shape index (κ3) is 8.26. The number of nitrogens with one attached hydrogen (secondary N) is 3. The molecule has 0 spiro atoms. The van der Waals surface area contributed by atoms with Crippen molar-refractivity contribution < 1.29 is 23.9 Å². The Bertz CT molecular complexity index is 1090. The van der Waals surface area contributed by atoms with Crippen molar-refractivity contribution in [3.05, 3.63) is 54.1 Å². The molecule has 3 rings (SSSR count). The van der Waals surface area contributed by atoms with Crippen molar-refractivity contribution >= 4 is 23.6 Å². The molecule has 4 amide bonds. The lowest BCUT2D eigenvalue weighted by Crippen LogP contribution is -2.48. The van der Waals surface area contributed by atoms with E-state index in [1.165, 1.54) is 11.9 Å². The third-order valence-electron chi connectivity index (χ3n) is 6.07. The fourth-order valence-electron chi connectivity index (χ4n) is 3.78. The summed E-state index contributed by atoms with van der Waals surface area (Å²) < 4.78 is 5.94. The highest BCUT2D eigenvalue weighted by molar-refractivity contribution is 5.99. The summed E-state index contributed by atoms with van der Waals surface area (Å²) >= 11 is 0. The maximum absolute atomic E-state index is 13.2. The van der Waals surface area contributed by atoms with Gasteiger partial charge in [0.2, 0.25) is 17.7 Å². The first-order valence-electron chi connectivity index (χ1n) is 12.3. The largest absolute Gasteiger partial charge is 0.491 e. The van der Waals surface area contributed by atoms with E-state index in [1.807, 2.05) is 13.8 Å². The van der Waals surface area contributed by atoms with Gasteiger partial charge in [0.05, 0.1) is 23.8 Å². The lowest BCUT2D eigenvalue weighted by molar-refractivity contribution is -0.135.